The van der Waals surface area contributed by atoms with Gasteiger partial charge in [-0.05, 0) is 25.1 Å². The number of carbonyl (C=O) groups is 2. The van der Waals surface area contributed by atoms with E-state index in [0.29, 0.717) is 30.2 Å². The third-order valence-electron chi connectivity index (χ3n) is 5.33. The predicted octanol–water partition coefficient (Wildman–Crippen LogP) is 1.12. The van der Waals surface area contributed by atoms with E-state index in [9.17, 15) is 18.2 Å². The SMILES string of the molecule is C[C@H]1C[NH2+]/C(=C(\C=N)N2CC(S(C)=O)CC2=O)CN1C(=O)Nc1ccc(F)c(Cl)c1. The minimum atomic E-state index is -1.13. The van der Waals surface area contributed by atoms with Gasteiger partial charge < -0.3 is 25.8 Å². The summed E-state index contributed by atoms with van der Waals surface area (Å²) >= 11 is 5.78. The molecule has 162 valence electrons. The van der Waals surface area contributed by atoms with Gasteiger partial charge in [0.15, 0.2) is 5.70 Å². The van der Waals surface area contributed by atoms with Crippen LogP contribution in [0.25, 0.3) is 0 Å². The van der Waals surface area contributed by atoms with Crippen LogP contribution in [-0.4, -0.2) is 69.3 Å². The first kappa shape index (κ1) is 22.4. The first-order valence-corrected chi connectivity index (χ1v) is 11.4. The number of rotatable bonds is 4. The number of halogens is 2. The van der Waals surface area contributed by atoms with Gasteiger partial charge in [-0.3, -0.25) is 9.00 Å². The van der Waals surface area contributed by atoms with E-state index in [2.05, 4.69) is 5.32 Å². The van der Waals surface area contributed by atoms with Crippen LogP contribution in [0, 0.1) is 11.2 Å². The number of urea groups is 1. The summed E-state index contributed by atoms with van der Waals surface area (Å²) in [6.07, 6.45) is 2.86. The molecule has 1 aromatic carbocycles. The Kier molecular flexibility index (Phi) is 6.89. The normalized spacial score (nSPS) is 24.6. The highest BCUT2D eigenvalue weighted by atomic mass is 35.5. The molecule has 0 aromatic heterocycles. The van der Waals surface area contributed by atoms with Crippen molar-refractivity contribution in [3.05, 3.63) is 40.4 Å². The van der Waals surface area contributed by atoms with Crippen molar-refractivity contribution < 1.29 is 23.5 Å². The second-order valence-corrected chi connectivity index (χ2v) is 9.43. The van der Waals surface area contributed by atoms with Crippen LogP contribution in [0.15, 0.2) is 29.6 Å². The molecular weight excluding hydrogens is 433 g/mol. The van der Waals surface area contributed by atoms with E-state index in [-0.39, 0.29) is 41.2 Å². The second-order valence-electron chi connectivity index (χ2n) is 7.36. The van der Waals surface area contributed by atoms with Crippen molar-refractivity contribution >= 4 is 46.2 Å². The monoisotopic (exact) mass is 456 g/mol. The average Bonchev–Trinajstić information content (AvgIpc) is 3.08. The minimum absolute atomic E-state index is 0.0880. The Morgan fingerprint density at radius 1 is 1.47 bits per heavy atom. The molecule has 3 atom stereocenters. The van der Waals surface area contributed by atoms with Gasteiger partial charge in [-0.2, -0.15) is 0 Å². The van der Waals surface area contributed by atoms with Crippen LogP contribution in [0.1, 0.15) is 13.3 Å². The van der Waals surface area contributed by atoms with Crippen molar-refractivity contribution in [2.75, 3.05) is 31.2 Å². The summed E-state index contributed by atoms with van der Waals surface area (Å²) in [5, 5.41) is 12.1. The fraction of sp³-hybridized carbons (Fsp3) is 0.421. The largest absolute Gasteiger partial charge is 0.322 e. The molecule has 0 aliphatic carbocycles. The molecule has 30 heavy (non-hydrogen) atoms. The second kappa shape index (κ2) is 9.23. The van der Waals surface area contributed by atoms with E-state index in [1.807, 2.05) is 12.2 Å². The summed E-state index contributed by atoms with van der Waals surface area (Å²) in [4.78, 5) is 28.3. The number of allylic oxidation sites excluding steroid dienone is 1. The molecule has 1 aromatic rings. The third-order valence-corrected chi connectivity index (χ3v) is 6.87. The number of likely N-dealkylation sites (tertiary alicyclic amines) is 1. The zero-order chi connectivity index (χ0) is 22.0. The van der Waals surface area contributed by atoms with E-state index in [1.54, 1.807) is 11.2 Å². The maximum absolute atomic E-state index is 13.4. The van der Waals surface area contributed by atoms with Gasteiger partial charge in [0.2, 0.25) is 5.91 Å². The number of nitrogens with zero attached hydrogens (tertiary/aromatic N) is 2. The van der Waals surface area contributed by atoms with E-state index >= 15 is 0 Å². The molecule has 2 unspecified atom stereocenters. The Morgan fingerprint density at radius 3 is 2.80 bits per heavy atom. The predicted molar refractivity (Wildman–Crippen MR) is 113 cm³/mol. The van der Waals surface area contributed by atoms with Crippen molar-refractivity contribution in [2.24, 2.45) is 0 Å². The molecule has 2 aliphatic rings. The fourth-order valence-electron chi connectivity index (χ4n) is 3.54. The number of nitrogens with one attached hydrogen (secondary N) is 2. The molecule has 4 N–H and O–H groups in total. The van der Waals surface area contributed by atoms with Gasteiger partial charge in [-0.1, -0.05) is 11.6 Å². The molecule has 2 fully saturated rings. The Bertz CT molecular complexity index is 941. The van der Waals surface area contributed by atoms with E-state index in [4.69, 9.17) is 17.0 Å². The van der Waals surface area contributed by atoms with Crippen LogP contribution in [0.5, 0.6) is 0 Å². The first-order chi connectivity index (χ1) is 14.2. The molecule has 2 aliphatic heterocycles. The lowest BCUT2D eigenvalue weighted by Crippen LogP contribution is -2.90. The van der Waals surface area contributed by atoms with Gasteiger partial charge >= 0.3 is 6.03 Å². The number of quaternary nitrogens is 1. The van der Waals surface area contributed by atoms with Gasteiger partial charge in [0.25, 0.3) is 0 Å². The highest BCUT2D eigenvalue weighted by Gasteiger charge is 2.37. The van der Waals surface area contributed by atoms with Crippen LogP contribution in [0.3, 0.4) is 0 Å². The van der Waals surface area contributed by atoms with Crippen LogP contribution in [0.2, 0.25) is 5.02 Å². The zero-order valence-electron chi connectivity index (χ0n) is 16.7. The van der Waals surface area contributed by atoms with Gasteiger partial charge in [-0.25, -0.2) is 9.18 Å². The summed E-state index contributed by atoms with van der Waals surface area (Å²) < 4.78 is 25.1. The van der Waals surface area contributed by atoms with Crippen molar-refractivity contribution in [3.63, 3.8) is 0 Å². The topological polar surface area (TPSA) is 110 Å². The molecular formula is C19H24ClFN5O3S+. The first-order valence-electron chi connectivity index (χ1n) is 9.43. The van der Waals surface area contributed by atoms with Crippen molar-refractivity contribution in [2.45, 2.75) is 24.6 Å². The lowest BCUT2D eigenvalue weighted by Gasteiger charge is -2.34. The number of benzene rings is 1. The van der Waals surface area contributed by atoms with E-state index < -0.39 is 16.6 Å². The molecule has 0 spiro atoms. The third kappa shape index (κ3) is 4.71. The lowest BCUT2D eigenvalue weighted by molar-refractivity contribution is -0.621. The highest BCUT2D eigenvalue weighted by Crippen LogP contribution is 2.23. The number of amides is 3. The van der Waals surface area contributed by atoms with Crippen molar-refractivity contribution in [1.29, 1.82) is 5.41 Å². The van der Waals surface area contributed by atoms with Gasteiger partial charge in [-0.15, -0.1) is 0 Å². The summed E-state index contributed by atoms with van der Waals surface area (Å²) in [6.45, 7) is 2.94. The molecule has 2 saturated heterocycles. The molecule has 8 nitrogen and oxygen atoms in total. The number of anilines is 1. The number of hydrogen-bond donors (Lipinski definition) is 3. The summed E-state index contributed by atoms with van der Waals surface area (Å²) in [5.74, 6) is -0.747. The Labute approximate surface area is 181 Å². The molecule has 0 saturated carbocycles. The summed E-state index contributed by atoms with van der Waals surface area (Å²) in [5.41, 5.74) is 1.47. The Hall–Kier alpha value is -2.30. The van der Waals surface area contributed by atoms with Crippen LogP contribution in [0.4, 0.5) is 14.9 Å². The Morgan fingerprint density at radius 2 is 2.20 bits per heavy atom. The van der Waals surface area contributed by atoms with E-state index in [0.717, 1.165) is 6.21 Å². The van der Waals surface area contributed by atoms with Crippen LogP contribution in [-0.2, 0) is 15.6 Å². The van der Waals surface area contributed by atoms with Gasteiger partial charge in [0, 0.05) is 41.9 Å². The maximum atomic E-state index is 13.4. The summed E-state index contributed by atoms with van der Waals surface area (Å²) in [7, 11) is -1.13. The molecule has 0 radical (unpaired) electrons. The number of carbonyl (C=O) groups excluding carboxylic acids is 2. The van der Waals surface area contributed by atoms with Gasteiger partial charge in [0.05, 0.1) is 22.9 Å². The average molecular weight is 457 g/mol. The number of piperazine rings is 1. The summed E-state index contributed by atoms with van der Waals surface area (Å²) in [6, 6.07) is 3.44. The number of nitrogens with two attached hydrogens (primary N) is 1. The van der Waals surface area contributed by atoms with Gasteiger partial charge in [0.1, 0.15) is 18.1 Å². The van der Waals surface area contributed by atoms with Crippen LogP contribution >= 0.6 is 11.6 Å². The molecule has 11 heteroatoms. The standard InChI is InChI=1S/C19H23ClFN5O3S/c1-11-8-23-16(17(7-22)26-9-13(30(2)29)6-18(26)27)10-25(11)19(28)24-12-3-4-15(21)14(20)5-12/h3-5,7,11,13,22-23H,6,8-10H2,1-2H3,(H,24,28)/p+1/b17-16+,22-7?/t11-,13?,30?/m0/s1. The van der Waals surface area contributed by atoms with Crippen molar-refractivity contribution in [1.82, 2.24) is 9.80 Å². The molecule has 0 bridgehead atoms. The fourth-order valence-corrected chi connectivity index (χ4v) is 4.46. The van der Waals surface area contributed by atoms with E-state index in [1.165, 1.54) is 23.1 Å². The van der Waals surface area contributed by atoms with Crippen LogP contribution < -0.4 is 10.6 Å². The zero-order valence-corrected chi connectivity index (χ0v) is 18.2. The molecule has 2 heterocycles. The highest BCUT2D eigenvalue weighted by molar-refractivity contribution is 7.85. The molecule has 3 amide bonds. The Balaban J connectivity index is 1.79. The maximum Gasteiger partial charge on any atom is 0.322 e. The lowest BCUT2D eigenvalue weighted by atomic mass is 10.1. The molecule has 3 rings (SSSR count). The number of hydrogen-bond acceptors (Lipinski definition) is 4. The quantitative estimate of drug-likeness (QED) is 0.590. The smallest absolute Gasteiger partial charge is 0.312 e. The minimum Gasteiger partial charge on any atom is -0.312 e. The van der Waals surface area contributed by atoms with Crippen molar-refractivity contribution in [3.8, 4) is 0 Å².